The molecule has 0 saturated carbocycles. The third kappa shape index (κ3) is 5.70. The molecule has 3 heteroatoms. The summed E-state index contributed by atoms with van der Waals surface area (Å²) < 4.78 is 0. The number of hydrogen-bond acceptors (Lipinski definition) is 2. The van der Waals surface area contributed by atoms with Crippen LogP contribution in [-0.2, 0) is 24.1 Å². The van der Waals surface area contributed by atoms with Crippen LogP contribution in [0.1, 0.15) is 23.6 Å². The minimum atomic E-state index is -0.786. The zero-order chi connectivity index (χ0) is 15.8. The zero-order valence-corrected chi connectivity index (χ0v) is 13.0. The second-order valence-corrected chi connectivity index (χ2v) is 5.69. The molecule has 3 nitrogen and oxygen atoms in total. The summed E-state index contributed by atoms with van der Waals surface area (Å²) in [4.78, 5) is 10.8. The van der Waals surface area contributed by atoms with Crippen LogP contribution in [0.3, 0.4) is 0 Å². The Morgan fingerprint density at radius 1 is 1.05 bits per heavy atom. The van der Waals surface area contributed by atoms with Gasteiger partial charge in [0.05, 0.1) is 6.42 Å². The van der Waals surface area contributed by atoms with Crippen molar-refractivity contribution in [1.82, 2.24) is 5.32 Å². The molecule has 0 spiro atoms. The average molecular weight is 297 g/mol. The van der Waals surface area contributed by atoms with Gasteiger partial charge in [-0.2, -0.15) is 0 Å². The van der Waals surface area contributed by atoms with Crippen LogP contribution < -0.4 is 5.32 Å². The molecule has 0 unspecified atom stereocenters. The van der Waals surface area contributed by atoms with Crippen LogP contribution in [0.15, 0.2) is 54.6 Å². The van der Waals surface area contributed by atoms with Crippen LogP contribution in [0.5, 0.6) is 0 Å². The van der Waals surface area contributed by atoms with Gasteiger partial charge in [0, 0.05) is 6.04 Å². The maximum absolute atomic E-state index is 10.8. The Labute approximate surface area is 132 Å². The summed E-state index contributed by atoms with van der Waals surface area (Å²) in [7, 11) is 0. The number of benzene rings is 2. The number of aliphatic carboxylic acids is 1. The number of carboxylic acids is 1. The molecule has 0 aromatic heterocycles. The maximum atomic E-state index is 10.8. The fraction of sp³-hybridized carbons (Fsp3) is 0.316. The summed E-state index contributed by atoms with van der Waals surface area (Å²) in [6, 6.07) is 18.6. The minimum absolute atomic E-state index is 0.0870. The van der Waals surface area contributed by atoms with E-state index in [1.807, 2.05) is 24.3 Å². The standard InChI is InChI=1S/C19H23NO2/c1-15(20-11-10-16-6-3-2-4-7-16)12-17-8-5-9-18(13-17)14-19(21)22/h2-9,13,15,20H,10-12,14H2,1H3,(H,21,22)/t15-/m0/s1. The first-order chi connectivity index (χ1) is 10.6. The lowest BCUT2D eigenvalue weighted by atomic mass is 10.0. The van der Waals surface area contributed by atoms with Crippen molar-refractivity contribution in [3.8, 4) is 0 Å². The van der Waals surface area contributed by atoms with E-state index in [2.05, 4.69) is 42.6 Å². The summed E-state index contributed by atoms with van der Waals surface area (Å²) in [6.45, 7) is 3.11. The van der Waals surface area contributed by atoms with Gasteiger partial charge in [0.15, 0.2) is 0 Å². The zero-order valence-electron chi connectivity index (χ0n) is 13.0. The molecule has 0 bridgehead atoms. The van der Waals surface area contributed by atoms with E-state index in [4.69, 9.17) is 5.11 Å². The van der Waals surface area contributed by atoms with Gasteiger partial charge in [-0.05, 0) is 43.0 Å². The maximum Gasteiger partial charge on any atom is 0.307 e. The van der Waals surface area contributed by atoms with Gasteiger partial charge in [-0.1, -0.05) is 54.6 Å². The van der Waals surface area contributed by atoms with Crippen molar-refractivity contribution < 1.29 is 9.90 Å². The molecule has 0 aliphatic rings. The highest BCUT2D eigenvalue weighted by Gasteiger charge is 2.05. The molecule has 0 heterocycles. The Morgan fingerprint density at radius 3 is 2.45 bits per heavy atom. The third-order valence-electron chi connectivity index (χ3n) is 3.64. The van der Waals surface area contributed by atoms with E-state index < -0.39 is 5.97 Å². The summed E-state index contributed by atoms with van der Waals surface area (Å²) in [5.74, 6) is -0.786. The molecular weight excluding hydrogens is 274 g/mol. The number of carboxylic acid groups (broad SMARTS) is 1. The van der Waals surface area contributed by atoms with Crippen molar-refractivity contribution in [3.05, 3.63) is 71.3 Å². The fourth-order valence-corrected chi connectivity index (χ4v) is 2.57. The van der Waals surface area contributed by atoms with E-state index in [0.717, 1.165) is 24.9 Å². The monoisotopic (exact) mass is 297 g/mol. The Balaban J connectivity index is 1.79. The van der Waals surface area contributed by atoms with Crippen LogP contribution >= 0.6 is 0 Å². The van der Waals surface area contributed by atoms with Crippen LogP contribution in [0.4, 0.5) is 0 Å². The first-order valence-corrected chi connectivity index (χ1v) is 7.70. The summed E-state index contributed by atoms with van der Waals surface area (Å²) in [5.41, 5.74) is 3.38. The lowest BCUT2D eigenvalue weighted by molar-refractivity contribution is -0.136. The van der Waals surface area contributed by atoms with Crippen molar-refractivity contribution in [2.45, 2.75) is 32.2 Å². The molecule has 0 fully saturated rings. The van der Waals surface area contributed by atoms with Crippen LogP contribution in [0, 0.1) is 0 Å². The SMILES string of the molecule is C[C@@H](Cc1cccc(CC(=O)O)c1)NCCc1ccccc1. The fourth-order valence-electron chi connectivity index (χ4n) is 2.57. The first kappa shape index (κ1) is 16.2. The molecule has 0 amide bonds. The van der Waals surface area contributed by atoms with Gasteiger partial charge in [0.1, 0.15) is 0 Å². The van der Waals surface area contributed by atoms with E-state index in [0.29, 0.717) is 6.04 Å². The van der Waals surface area contributed by atoms with Gasteiger partial charge in [0.25, 0.3) is 0 Å². The number of carbonyl (C=O) groups is 1. The van der Waals surface area contributed by atoms with E-state index in [1.54, 1.807) is 0 Å². The molecule has 0 saturated heterocycles. The predicted octanol–water partition coefficient (Wildman–Crippen LogP) is 3.08. The van der Waals surface area contributed by atoms with Gasteiger partial charge in [0.2, 0.25) is 0 Å². The van der Waals surface area contributed by atoms with Crippen molar-refractivity contribution >= 4 is 5.97 Å². The van der Waals surface area contributed by atoms with Crippen LogP contribution in [0.2, 0.25) is 0 Å². The molecule has 22 heavy (non-hydrogen) atoms. The molecule has 0 aliphatic carbocycles. The summed E-state index contributed by atoms with van der Waals surface area (Å²) in [5, 5.41) is 12.4. The molecule has 2 N–H and O–H groups in total. The van der Waals surface area contributed by atoms with Crippen molar-refractivity contribution in [1.29, 1.82) is 0 Å². The van der Waals surface area contributed by atoms with Crippen LogP contribution in [0.25, 0.3) is 0 Å². The molecule has 116 valence electrons. The Bertz CT molecular complexity index is 595. The smallest absolute Gasteiger partial charge is 0.307 e. The van der Waals surface area contributed by atoms with Gasteiger partial charge in [-0.3, -0.25) is 4.79 Å². The van der Waals surface area contributed by atoms with Crippen molar-refractivity contribution in [2.24, 2.45) is 0 Å². The number of hydrogen-bond donors (Lipinski definition) is 2. The highest BCUT2D eigenvalue weighted by atomic mass is 16.4. The first-order valence-electron chi connectivity index (χ1n) is 7.70. The largest absolute Gasteiger partial charge is 0.481 e. The second kappa shape index (κ2) is 8.35. The topological polar surface area (TPSA) is 49.3 Å². The Kier molecular flexibility index (Phi) is 6.16. The molecule has 2 aromatic carbocycles. The van der Waals surface area contributed by atoms with Gasteiger partial charge in [-0.15, -0.1) is 0 Å². The van der Waals surface area contributed by atoms with E-state index >= 15 is 0 Å². The van der Waals surface area contributed by atoms with Crippen LogP contribution in [-0.4, -0.2) is 23.7 Å². The van der Waals surface area contributed by atoms with Gasteiger partial charge in [-0.25, -0.2) is 0 Å². The Hall–Kier alpha value is -2.13. The lowest BCUT2D eigenvalue weighted by Crippen LogP contribution is -2.30. The van der Waals surface area contributed by atoms with E-state index in [9.17, 15) is 4.79 Å². The lowest BCUT2D eigenvalue weighted by Gasteiger charge is -2.14. The second-order valence-electron chi connectivity index (χ2n) is 5.69. The van der Waals surface area contributed by atoms with Gasteiger partial charge >= 0.3 is 5.97 Å². The normalized spacial score (nSPS) is 12.0. The van der Waals surface area contributed by atoms with Crippen molar-refractivity contribution in [2.75, 3.05) is 6.54 Å². The van der Waals surface area contributed by atoms with Gasteiger partial charge < -0.3 is 10.4 Å². The highest BCUT2D eigenvalue weighted by Crippen LogP contribution is 2.09. The molecule has 0 aliphatic heterocycles. The average Bonchev–Trinajstić information content (AvgIpc) is 2.48. The highest BCUT2D eigenvalue weighted by molar-refractivity contribution is 5.70. The predicted molar refractivity (Wildman–Crippen MR) is 89.1 cm³/mol. The molecular formula is C19H23NO2. The number of nitrogens with one attached hydrogen (secondary N) is 1. The molecule has 1 atom stereocenters. The summed E-state index contributed by atoms with van der Waals surface area (Å²) in [6.07, 6.45) is 2.01. The quantitative estimate of drug-likeness (QED) is 0.787. The number of rotatable bonds is 8. The molecule has 2 aromatic rings. The van der Waals surface area contributed by atoms with Crippen molar-refractivity contribution in [3.63, 3.8) is 0 Å². The summed E-state index contributed by atoms with van der Waals surface area (Å²) >= 11 is 0. The molecule has 0 radical (unpaired) electrons. The third-order valence-corrected chi connectivity index (χ3v) is 3.64. The minimum Gasteiger partial charge on any atom is -0.481 e. The molecule has 2 rings (SSSR count). The van der Waals surface area contributed by atoms with E-state index in [-0.39, 0.29) is 6.42 Å². The van der Waals surface area contributed by atoms with E-state index in [1.165, 1.54) is 11.1 Å². The Morgan fingerprint density at radius 2 is 1.73 bits per heavy atom.